The average molecular weight is 298 g/mol. The van der Waals surface area contributed by atoms with Gasteiger partial charge < -0.3 is 4.42 Å². The smallest absolute Gasteiger partial charge is 0.167 e. The number of hydrogen-bond donors (Lipinski definition) is 2. The van der Waals surface area contributed by atoms with Gasteiger partial charge in [0.1, 0.15) is 17.3 Å². The van der Waals surface area contributed by atoms with Crippen LogP contribution in [0.5, 0.6) is 0 Å². The molecule has 1 saturated heterocycles. The summed E-state index contributed by atoms with van der Waals surface area (Å²) in [4.78, 5) is 6.85. The van der Waals surface area contributed by atoms with Crippen molar-refractivity contribution in [2.75, 3.05) is 6.54 Å². The van der Waals surface area contributed by atoms with Crippen LogP contribution in [0.25, 0.3) is 11.5 Å². The van der Waals surface area contributed by atoms with Crippen molar-refractivity contribution in [3.63, 3.8) is 0 Å². The molecule has 1 atom stereocenters. The van der Waals surface area contributed by atoms with E-state index in [4.69, 9.17) is 4.42 Å². The van der Waals surface area contributed by atoms with Gasteiger partial charge in [0.05, 0.1) is 12.6 Å². The number of aromatic amines is 2. The highest BCUT2D eigenvalue weighted by Crippen LogP contribution is 2.32. The number of hydrogen-bond acceptors (Lipinski definition) is 5. The Hall–Kier alpha value is -2.41. The van der Waals surface area contributed by atoms with Crippen LogP contribution >= 0.6 is 0 Å². The minimum Gasteiger partial charge on any atom is -0.458 e. The van der Waals surface area contributed by atoms with Crippen LogP contribution in [0.4, 0.5) is 0 Å². The van der Waals surface area contributed by atoms with Gasteiger partial charge in [-0.15, -0.1) is 0 Å². The Morgan fingerprint density at radius 3 is 3.05 bits per heavy atom. The van der Waals surface area contributed by atoms with Crippen LogP contribution in [0, 0.1) is 6.92 Å². The maximum absolute atomic E-state index is 5.92. The zero-order chi connectivity index (χ0) is 14.9. The van der Waals surface area contributed by atoms with Gasteiger partial charge in [0.25, 0.3) is 0 Å². The number of aromatic nitrogens is 5. The van der Waals surface area contributed by atoms with Gasteiger partial charge in [-0.25, -0.2) is 4.98 Å². The summed E-state index contributed by atoms with van der Waals surface area (Å²) in [6.45, 7) is 3.74. The Kier molecular flexibility index (Phi) is 3.27. The van der Waals surface area contributed by atoms with Gasteiger partial charge in [-0.2, -0.15) is 10.2 Å². The fraction of sp³-hybridized carbons (Fsp3) is 0.400. The van der Waals surface area contributed by atoms with Gasteiger partial charge in [-0.3, -0.25) is 15.1 Å². The van der Waals surface area contributed by atoms with E-state index in [0.29, 0.717) is 0 Å². The fourth-order valence-electron chi connectivity index (χ4n) is 3.02. The number of nitrogens with zero attached hydrogens (tertiary/aromatic N) is 4. The molecule has 4 rings (SSSR count). The van der Waals surface area contributed by atoms with Crippen molar-refractivity contribution in [3.05, 3.63) is 41.8 Å². The summed E-state index contributed by atoms with van der Waals surface area (Å²) < 4.78 is 5.92. The standard InChI is InChI=1S/C15H18N6O/c1-10-17-15(20-18-10)13-3-2-8-21(13)9-11-4-5-14(22-11)12-6-7-16-19-12/h4-7,13H,2-3,8-9H2,1H3,(H,16,19)(H,17,18,20)/t13-/m0/s1. The molecule has 4 heterocycles. The molecule has 0 aliphatic carbocycles. The van der Waals surface area contributed by atoms with Crippen LogP contribution in [0.1, 0.15) is 36.3 Å². The lowest BCUT2D eigenvalue weighted by atomic mass is 10.2. The lowest BCUT2D eigenvalue weighted by Gasteiger charge is -2.20. The molecule has 0 amide bonds. The molecule has 22 heavy (non-hydrogen) atoms. The van der Waals surface area contributed by atoms with Crippen molar-refractivity contribution in [1.82, 2.24) is 30.3 Å². The Labute approximate surface area is 127 Å². The van der Waals surface area contributed by atoms with Crippen LogP contribution in [0.15, 0.2) is 28.8 Å². The predicted octanol–water partition coefficient (Wildman–Crippen LogP) is 2.43. The molecule has 114 valence electrons. The summed E-state index contributed by atoms with van der Waals surface area (Å²) in [5.41, 5.74) is 0.897. The molecule has 0 radical (unpaired) electrons. The van der Waals surface area contributed by atoms with E-state index in [-0.39, 0.29) is 6.04 Å². The third kappa shape index (κ3) is 2.43. The molecular formula is C15H18N6O. The predicted molar refractivity (Wildman–Crippen MR) is 79.8 cm³/mol. The van der Waals surface area contributed by atoms with Gasteiger partial charge in [0.15, 0.2) is 11.6 Å². The summed E-state index contributed by atoms with van der Waals surface area (Å²) in [5, 5.41) is 14.1. The first-order chi connectivity index (χ1) is 10.8. The molecule has 1 fully saturated rings. The third-order valence-corrected chi connectivity index (χ3v) is 4.06. The zero-order valence-corrected chi connectivity index (χ0v) is 12.4. The molecular weight excluding hydrogens is 280 g/mol. The number of likely N-dealkylation sites (tertiary alicyclic amines) is 1. The summed E-state index contributed by atoms with van der Waals surface area (Å²) in [6, 6.07) is 6.17. The normalized spacial score (nSPS) is 19.0. The highest BCUT2D eigenvalue weighted by molar-refractivity contribution is 5.51. The molecule has 0 saturated carbocycles. The number of aryl methyl sites for hydroxylation is 1. The first-order valence-corrected chi connectivity index (χ1v) is 7.51. The SMILES string of the molecule is Cc1nc([C@@H]2CCCN2Cc2ccc(-c3ccn[nH]3)o2)n[nH]1. The zero-order valence-electron chi connectivity index (χ0n) is 12.4. The summed E-state index contributed by atoms with van der Waals surface area (Å²) in [7, 11) is 0. The summed E-state index contributed by atoms with van der Waals surface area (Å²) >= 11 is 0. The quantitative estimate of drug-likeness (QED) is 0.772. The molecule has 1 aliphatic rings. The Morgan fingerprint density at radius 1 is 1.32 bits per heavy atom. The van der Waals surface area contributed by atoms with Gasteiger partial charge in [0, 0.05) is 6.20 Å². The monoisotopic (exact) mass is 298 g/mol. The van der Waals surface area contributed by atoms with E-state index in [0.717, 1.165) is 54.8 Å². The van der Waals surface area contributed by atoms with E-state index in [1.54, 1.807) is 6.20 Å². The highest BCUT2D eigenvalue weighted by Gasteiger charge is 2.29. The van der Waals surface area contributed by atoms with E-state index >= 15 is 0 Å². The second-order valence-electron chi connectivity index (χ2n) is 5.64. The average Bonchev–Trinajstić information content (AvgIpc) is 3.26. The summed E-state index contributed by atoms with van der Waals surface area (Å²) in [6.07, 6.45) is 3.97. The van der Waals surface area contributed by atoms with Crippen LogP contribution in [0.3, 0.4) is 0 Å². The van der Waals surface area contributed by atoms with E-state index in [1.807, 2.05) is 25.1 Å². The van der Waals surface area contributed by atoms with Crippen molar-refractivity contribution in [3.8, 4) is 11.5 Å². The Bertz CT molecular complexity index is 744. The van der Waals surface area contributed by atoms with Crippen molar-refractivity contribution < 1.29 is 4.42 Å². The van der Waals surface area contributed by atoms with Crippen LogP contribution in [0.2, 0.25) is 0 Å². The van der Waals surface area contributed by atoms with E-state index in [9.17, 15) is 0 Å². The second kappa shape index (κ2) is 5.42. The maximum atomic E-state index is 5.92. The number of nitrogens with one attached hydrogen (secondary N) is 2. The Balaban J connectivity index is 1.50. The maximum Gasteiger partial charge on any atom is 0.167 e. The minimum atomic E-state index is 0.269. The molecule has 7 nitrogen and oxygen atoms in total. The topological polar surface area (TPSA) is 86.6 Å². The van der Waals surface area contributed by atoms with Crippen LogP contribution < -0.4 is 0 Å². The molecule has 3 aromatic heterocycles. The molecule has 3 aromatic rings. The van der Waals surface area contributed by atoms with Gasteiger partial charge in [-0.05, 0) is 44.5 Å². The van der Waals surface area contributed by atoms with Gasteiger partial charge in [0.2, 0.25) is 0 Å². The summed E-state index contributed by atoms with van der Waals surface area (Å²) in [5.74, 6) is 3.51. The molecule has 7 heteroatoms. The lowest BCUT2D eigenvalue weighted by molar-refractivity contribution is 0.222. The Morgan fingerprint density at radius 2 is 2.27 bits per heavy atom. The number of rotatable bonds is 4. The van der Waals surface area contributed by atoms with Crippen molar-refractivity contribution in [1.29, 1.82) is 0 Å². The van der Waals surface area contributed by atoms with Gasteiger partial charge in [-0.1, -0.05) is 0 Å². The number of furan rings is 1. The molecule has 0 bridgehead atoms. The molecule has 1 aliphatic heterocycles. The highest BCUT2D eigenvalue weighted by atomic mass is 16.3. The fourth-order valence-corrected chi connectivity index (χ4v) is 3.02. The van der Waals surface area contributed by atoms with E-state index in [1.165, 1.54) is 0 Å². The molecule has 0 unspecified atom stereocenters. The van der Waals surface area contributed by atoms with Crippen molar-refractivity contribution in [2.24, 2.45) is 0 Å². The van der Waals surface area contributed by atoms with Crippen LogP contribution in [-0.2, 0) is 6.54 Å². The number of H-pyrrole nitrogens is 2. The van der Waals surface area contributed by atoms with Crippen molar-refractivity contribution >= 4 is 0 Å². The molecule has 0 aromatic carbocycles. The van der Waals surface area contributed by atoms with Crippen molar-refractivity contribution in [2.45, 2.75) is 32.4 Å². The van der Waals surface area contributed by atoms with Crippen LogP contribution in [-0.4, -0.2) is 36.8 Å². The molecule has 2 N–H and O–H groups in total. The molecule has 0 spiro atoms. The first-order valence-electron chi connectivity index (χ1n) is 7.51. The largest absolute Gasteiger partial charge is 0.458 e. The van der Waals surface area contributed by atoms with E-state index < -0.39 is 0 Å². The minimum absolute atomic E-state index is 0.269. The first kappa shape index (κ1) is 13.3. The lowest BCUT2D eigenvalue weighted by Crippen LogP contribution is -2.23. The van der Waals surface area contributed by atoms with Gasteiger partial charge >= 0.3 is 0 Å². The third-order valence-electron chi connectivity index (χ3n) is 4.06. The van der Waals surface area contributed by atoms with E-state index in [2.05, 4.69) is 30.3 Å². The second-order valence-corrected chi connectivity index (χ2v) is 5.64.